The average Bonchev–Trinajstić information content (AvgIpc) is 2.66. The Morgan fingerprint density at radius 3 is 2.24 bits per heavy atom. The van der Waals surface area contributed by atoms with Crippen LogP contribution in [0, 0.1) is 0 Å². The fraction of sp³-hybridized carbons (Fsp3) is 0.350. The average molecular weight is 340 g/mol. The van der Waals surface area contributed by atoms with Crippen LogP contribution in [0.4, 0.5) is 0 Å². The van der Waals surface area contributed by atoms with Crippen LogP contribution >= 0.6 is 0 Å². The lowest BCUT2D eigenvalue weighted by atomic mass is 10.1. The monoisotopic (exact) mass is 340 g/mol. The molecule has 0 spiro atoms. The van der Waals surface area contributed by atoms with Crippen LogP contribution in [0.25, 0.3) is 0 Å². The summed E-state index contributed by atoms with van der Waals surface area (Å²) in [5.74, 6) is 1.21. The molecule has 0 saturated carbocycles. The molecule has 1 heterocycles. The summed E-state index contributed by atoms with van der Waals surface area (Å²) in [4.78, 5) is 14.1. The Hall–Kier alpha value is -2.53. The van der Waals surface area contributed by atoms with E-state index in [4.69, 9.17) is 15.2 Å². The molecule has 0 atom stereocenters. The van der Waals surface area contributed by atoms with Crippen LogP contribution in [0.15, 0.2) is 54.6 Å². The van der Waals surface area contributed by atoms with Gasteiger partial charge in [-0.2, -0.15) is 0 Å². The fourth-order valence-electron chi connectivity index (χ4n) is 2.80. The molecule has 3 rings (SSSR count). The Labute approximate surface area is 148 Å². The number of rotatable bonds is 6. The first-order chi connectivity index (χ1) is 12.2. The van der Waals surface area contributed by atoms with Gasteiger partial charge in [-0.3, -0.25) is 4.79 Å². The minimum Gasteiger partial charge on any atom is -0.485 e. The van der Waals surface area contributed by atoms with Gasteiger partial charge in [0.1, 0.15) is 6.61 Å². The molecule has 2 aromatic carbocycles. The van der Waals surface area contributed by atoms with Crippen molar-refractivity contribution in [2.45, 2.75) is 25.5 Å². The summed E-state index contributed by atoms with van der Waals surface area (Å²) in [5, 5.41) is 0. The lowest BCUT2D eigenvalue weighted by Gasteiger charge is -2.30. The van der Waals surface area contributed by atoms with Crippen molar-refractivity contribution < 1.29 is 14.3 Å². The largest absolute Gasteiger partial charge is 0.485 e. The van der Waals surface area contributed by atoms with Crippen molar-refractivity contribution in [1.29, 1.82) is 0 Å². The standard InChI is InChI=1S/C20H24N2O3/c21-17-10-12-22(13-11-17)20(23)15-25-19-9-5-4-8-18(19)24-14-16-6-2-1-3-7-16/h1-9,17H,10-15,21H2. The maximum Gasteiger partial charge on any atom is 0.260 e. The summed E-state index contributed by atoms with van der Waals surface area (Å²) < 4.78 is 11.6. The van der Waals surface area contributed by atoms with Gasteiger partial charge < -0.3 is 20.1 Å². The Balaban J connectivity index is 1.54. The van der Waals surface area contributed by atoms with E-state index in [9.17, 15) is 4.79 Å². The number of carbonyl (C=O) groups is 1. The first-order valence-electron chi connectivity index (χ1n) is 8.64. The summed E-state index contributed by atoms with van der Waals surface area (Å²) >= 11 is 0. The number of carbonyl (C=O) groups excluding carboxylic acids is 1. The van der Waals surface area contributed by atoms with Crippen LogP contribution in [0.3, 0.4) is 0 Å². The molecule has 1 fully saturated rings. The molecule has 132 valence electrons. The van der Waals surface area contributed by atoms with Crippen molar-refractivity contribution in [1.82, 2.24) is 4.90 Å². The number of nitrogens with zero attached hydrogens (tertiary/aromatic N) is 1. The van der Waals surface area contributed by atoms with E-state index in [0.29, 0.717) is 31.2 Å². The lowest BCUT2D eigenvalue weighted by Crippen LogP contribution is -2.44. The first-order valence-corrected chi connectivity index (χ1v) is 8.64. The van der Waals surface area contributed by atoms with Crippen LogP contribution in [0.2, 0.25) is 0 Å². The summed E-state index contributed by atoms with van der Waals surface area (Å²) in [5.41, 5.74) is 6.96. The van der Waals surface area contributed by atoms with Gasteiger partial charge in [-0.05, 0) is 30.5 Å². The number of benzene rings is 2. The molecule has 25 heavy (non-hydrogen) atoms. The highest BCUT2D eigenvalue weighted by molar-refractivity contribution is 5.78. The topological polar surface area (TPSA) is 64.8 Å². The van der Waals surface area contributed by atoms with Gasteiger partial charge in [0, 0.05) is 19.1 Å². The second-order valence-electron chi connectivity index (χ2n) is 6.23. The molecule has 2 N–H and O–H groups in total. The van der Waals surface area contributed by atoms with Crippen LogP contribution < -0.4 is 15.2 Å². The van der Waals surface area contributed by atoms with Crippen LogP contribution in [0.1, 0.15) is 18.4 Å². The summed E-state index contributed by atoms with van der Waals surface area (Å²) in [6.45, 7) is 1.88. The Kier molecular flexibility index (Phi) is 5.90. The zero-order valence-corrected chi connectivity index (χ0v) is 14.3. The predicted octanol–water partition coefficient (Wildman–Crippen LogP) is 2.59. The molecule has 1 amide bonds. The van der Waals surface area contributed by atoms with Gasteiger partial charge in [0.15, 0.2) is 18.1 Å². The molecule has 1 aliphatic rings. The zero-order valence-electron chi connectivity index (χ0n) is 14.3. The van der Waals surface area contributed by atoms with E-state index in [0.717, 1.165) is 18.4 Å². The molecule has 0 bridgehead atoms. The quantitative estimate of drug-likeness (QED) is 0.878. The third-order valence-electron chi connectivity index (χ3n) is 4.33. The number of piperidine rings is 1. The highest BCUT2D eigenvalue weighted by Gasteiger charge is 2.21. The third-order valence-corrected chi connectivity index (χ3v) is 4.33. The van der Waals surface area contributed by atoms with E-state index in [-0.39, 0.29) is 18.6 Å². The second-order valence-corrected chi connectivity index (χ2v) is 6.23. The number of hydrogen-bond donors (Lipinski definition) is 1. The molecule has 5 nitrogen and oxygen atoms in total. The highest BCUT2D eigenvalue weighted by Crippen LogP contribution is 2.27. The molecule has 5 heteroatoms. The van der Waals surface area contributed by atoms with Gasteiger partial charge in [0.05, 0.1) is 0 Å². The fourth-order valence-corrected chi connectivity index (χ4v) is 2.80. The second kappa shape index (κ2) is 8.53. The Morgan fingerprint density at radius 2 is 1.56 bits per heavy atom. The van der Waals surface area contributed by atoms with Crippen molar-refractivity contribution in [2.75, 3.05) is 19.7 Å². The smallest absolute Gasteiger partial charge is 0.260 e. The van der Waals surface area contributed by atoms with Gasteiger partial charge in [-0.1, -0.05) is 42.5 Å². The predicted molar refractivity (Wildman–Crippen MR) is 96.5 cm³/mol. The van der Waals surface area contributed by atoms with Crippen molar-refractivity contribution >= 4 is 5.91 Å². The SMILES string of the molecule is NC1CCN(C(=O)COc2ccccc2OCc2ccccc2)CC1. The minimum atomic E-state index is -0.00948. The molecule has 1 saturated heterocycles. The van der Waals surface area contributed by atoms with Gasteiger partial charge in [-0.25, -0.2) is 0 Å². The number of para-hydroxylation sites is 2. The number of hydrogen-bond acceptors (Lipinski definition) is 4. The summed E-state index contributed by atoms with van der Waals surface area (Å²) in [6, 6.07) is 17.6. The number of likely N-dealkylation sites (tertiary alicyclic amines) is 1. The van der Waals surface area contributed by atoms with E-state index < -0.39 is 0 Å². The molecule has 0 unspecified atom stereocenters. The number of ether oxygens (including phenoxy) is 2. The Morgan fingerprint density at radius 1 is 0.960 bits per heavy atom. The molecule has 0 radical (unpaired) electrons. The maximum atomic E-state index is 12.3. The highest BCUT2D eigenvalue weighted by atomic mass is 16.5. The third kappa shape index (κ3) is 4.97. The van der Waals surface area contributed by atoms with Crippen LogP contribution in [-0.2, 0) is 11.4 Å². The lowest BCUT2D eigenvalue weighted by molar-refractivity contribution is -0.134. The van der Waals surface area contributed by atoms with Crippen molar-refractivity contribution in [3.8, 4) is 11.5 Å². The van der Waals surface area contributed by atoms with E-state index in [1.54, 1.807) is 0 Å². The van der Waals surface area contributed by atoms with Gasteiger partial charge in [-0.15, -0.1) is 0 Å². The van der Waals surface area contributed by atoms with Crippen LogP contribution in [0.5, 0.6) is 11.5 Å². The normalized spacial score (nSPS) is 15.0. The van der Waals surface area contributed by atoms with Crippen molar-refractivity contribution in [3.63, 3.8) is 0 Å². The van der Waals surface area contributed by atoms with E-state index >= 15 is 0 Å². The van der Waals surface area contributed by atoms with E-state index in [2.05, 4.69) is 0 Å². The van der Waals surface area contributed by atoms with E-state index in [1.807, 2.05) is 59.5 Å². The van der Waals surface area contributed by atoms with Gasteiger partial charge in [0.2, 0.25) is 0 Å². The minimum absolute atomic E-state index is 0.00948. The molecule has 0 aliphatic carbocycles. The Bertz CT molecular complexity index is 682. The molecule has 1 aliphatic heterocycles. The number of nitrogens with two attached hydrogens (primary N) is 1. The van der Waals surface area contributed by atoms with Crippen molar-refractivity contribution in [2.24, 2.45) is 5.73 Å². The van der Waals surface area contributed by atoms with E-state index in [1.165, 1.54) is 0 Å². The van der Waals surface area contributed by atoms with Crippen molar-refractivity contribution in [3.05, 3.63) is 60.2 Å². The summed E-state index contributed by atoms with van der Waals surface area (Å²) in [7, 11) is 0. The molecule has 2 aromatic rings. The zero-order chi connectivity index (χ0) is 17.5. The van der Waals surface area contributed by atoms with Gasteiger partial charge >= 0.3 is 0 Å². The number of amides is 1. The molecular formula is C20H24N2O3. The van der Waals surface area contributed by atoms with Gasteiger partial charge in [0.25, 0.3) is 5.91 Å². The van der Waals surface area contributed by atoms with Crippen LogP contribution in [-0.4, -0.2) is 36.5 Å². The first kappa shape index (κ1) is 17.3. The molecular weight excluding hydrogens is 316 g/mol. The summed E-state index contributed by atoms with van der Waals surface area (Å²) in [6.07, 6.45) is 1.70. The maximum absolute atomic E-state index is 12.3. The molecule has 0 aromatic heterocycles.